The van der Waals surface area contributed by atoms with Gasteiger partial charge in [0.25, 0.3) is 0 Å². The van der Waals surface area contributed by atoms with Crippen LogP contribution in [-0.4, -0.2) is 57.1 Å². The van der Waals surface area contributed by atoms with Gasteiger partial charge in [-0.15, -0.1) is 0 Å². The lowest BCUT2D eigenvalue weighted by atomic mass is 10.0. The zero-order chi connectivity index (χ0) is 22.6. The molecule has 3 N–H and O–H groups in total. The predicted molar refractivity (Wildman–Crippen MR) is 116 cm³/mol. The molecule has 0 bridgehead atoms. The zero-order valence-electron chi connectivity index (χ0n) is 18.5. The van der Waals surface area contributed by atoms with E-state index in [9.17, 15) is 13.9 Å². The van der Waals surface area contributed by atoms with E-state index in [1.165, 1.54) is 24.6 Å². The zero-order valence-corrected chi connectivity index (χ0v) is 18.5. The second-order valence-electron chi connectivity index (χ2n) is 9.79. The van der Waals surface area contributed by atoms with E-state index < -0.39 is 6.61 Å². The quantitative estimate of drug-likeness (QED) is 0.675. The summed E-state index contributed by atoms with van der Waals surface area (Å²) in [5, 5.41) is 14.2. The van der Waals surface area contributed by atoms with Crippen molar-refractivity contribution in [2.45, 2.75) is 57.7 Å². The number of nitrogen functional groups attached to an aromatic ring is 1. The van der Waals surface area contributed by atoms with Crippen LogP contribution in [0, 0.1) is 17.8 Å². The van der Waals surface area contributed by atoms with Gasteiger partial charge in [-0.05, 0) is 69.5 Å². The molecule has 7 nitrogen and oxygen atoms in total. The van der Waals surface area contributed by atoms with Crippen LogP contribution in [0.15, 0.2) is 18.3 Å². The fraction of sp³-hybridized carbons (Fsp3) is 0.652. The van der Waals surface area contributed by atoms with Crippen molar-refractivity contribution in [3.05, 3.63) is 24.0 Å². The Morgan fingerprint density at radius 3 is 2.62 bits per heavy atom. The number of aromatic nitrogens is 3. The average Bonchev–Trinajstić information content (AvgIpc) is 3.23. The van der Waals surface area contributed by atoms with Gasteiger partial charge < -0.3 is 15.6 Å². The Hall–Kier alpha value is -2.26. The largest absolute Gasteiger partial charge is 0.431 e. The Morgan fingerprint density at radius 1 is 1.25 bits per heavy atom. The smallest absolute Gasteiger partial charge is 0.387 e. The molecule has 174 valence electrons. The number of aliphatic hydroxyl groups excluding tert-OH is 1. The predicted octanol–water partition coefficient (Wildman–Crippen LogP) is 3.52. The first-order chi connectivity index (χ1) is 15.4. The normalized spacial score (nSPS) is 29.8. The summed E-state index contributed by atoms with van der Waals surface area (Å²) in [6, 6.07) is 4.39. The number of anilines is 1. The van der Waals surface area contributed by atoms with Gasteiger partial charge in [-0.1, -0.05) is 0 Å². The van der Waals surface area contributed by atoms with E-state index in [0.717, 1.165) is 19.5 Å². The van der Waals surface area contributed by atoms with Gasteiger partial charge in [0.15, 0.2) is 11.6 Å². The summed E-state index contributed by atoms with van der Waals surface area (Å²) >= 11 is 0. The van der Waals surface area contributed by atoms with Crippen molar-refractivity contribution in [1.82, 2.24) is 19.7 Å². The molecule has 5 rings (SSSR count). The van der Waals surface area contributed by atoms with E-state index in [-0.39, 0.29) is 17.6 Å². The van der Waals surface area contributed by atoms with Gasteiger partial charge in [-0.3, -0.25) is 9.58 Å². The van der Waals surface area contributed by atoms with E-state index in [4.69, 9.17) is 10.8 Å². The van der Waals surface area contributed by atoms with Crippen LogP contribution in [0.25, 0.3) is 11.3 Å². The van der Waals surface area contributed by atoms with Crippen molar-refractivity contribution in [3.8, 4) is 17.0 Å². The SMILES string of the molecule is CC(C)n1nc(-c2cnc(N)c(OC(F)F)c2)cc1C1[C@H]2CC(N3CC[C@H](CO)C3)C[C@@H]12. The van der Waals surface area contributed by atoms with Gasteiger partial charge in [-0.2, -0.15) is 13.9 Å². The van der Waals surface area contributed by atoms with E-state index in [1.54, 1.807) is 6.20 Å². The van der Waals surface area contributed by atoms with Gasteiger partial charge in [0, 0.05) is 48.6 Å². The highest BCUT2D eigenvalue weighted by Gasteiger charge is 2.59. The monoisotopic (exact) mass is 447 g/mol. The standard InChI is InChI=1S/C23H31F2N5O2/c1-12(2)30-19(8-18(28-30)14-5-20(32-23(24)25)22(26)27-9-14)21-16-6-15(7-17(16)21)29-4-3-13(10-29)11-31/h5,8-9,12-13,15-17,21,23,31H,3-4,6-7,10-11H2,1-2H3,(H2,26,27)/t13-,15?,16-,17+,21?/m0/s1. The highest BCUT2D eigenvalue weighted by atomic mass is 19.3. The maximum atomic E-state index is 12.7. The number of alkyl halides is 2. The number of nitrogens with zero attached hydrogens (tertiary/aromatic N) is 4. The van der Waals surface area contributed by atoms with Gasteiger partial charge in [0.05, 0.1) is 5.69 Å². The number of pyridine rings is 1. The number of ether oxygens (including phenoxy) is 1. The molecule has 2 aromatic heterocycles. The van der Waals surface area contributed by atoms with Crippen LogP contribution in [0.5, 0.6) is 5.75 Å². The molecule has 1 saturated heterocycles. The summed E-state index contributed by atoms with van der Waals surface area (Å²) in [4.78, 5) is 6.59. The van der Waals surface area contributed by atoms with Crippen molar-refractivity contribution in [1.29, 1.82) is 0 Å². The molecule has 32 heavy (non-hydrogen) atoms. The summed E-state index contributed by atoms with van der Waals surface area (Å²) in [5.41, 5.74) is 8.22. The molecular formula is C23H31F2N5O2. The minimum absolute atomic E-state index is 0.0642. The first-order valence-electron chi connectivity index (χ1n) is 11.5. The van der Waals surface area contributed by atoms with Crippen LogP contribution in [-0.2, 0) is 0 Å². The summed E-state index contributed by atoms with van der Waals surface area (Å²) in [7, 11) is 0. The van der Waals surface area contributed by atoms with Crippen molar-refractivity contribution in [2.75, 3.05) is 25.4 Å². The molecular weight excluding hydrogens is 416 g/mol. The Labute approximate surface area is 186 Å². The van der Waals surface area contributed by atoms with E-state index in [2.05, 4.69) is 39.2 Å². The molecule has 0 aromatic carbocycles. The Bertz CT molecular complexity index is 969. The van der Waals surface area contributed by atoms with Crippen LogP contribution in [0.3, 0.4) is 0 Å². The minimum Gasteiger partial charge on any atom is -0.431 e. The number of halogens is 2. The molecule has 0 spiro atoms. The summed E-state index contributed by atoms with van der Waals surface area (Å²) in [6.07, 6.45) is 5.05. The lowest BCUT2D eigenvalue weighted by molar-refractivity contribution is -0.0494. The van der Waals surface area contributed by atoms with Gasteiger partial charge in [0.1, 0.15) is 0 Å². The van der Waals surface area contributed by atoms with E-state index >= 15 is 0 Å². The minimum atomic E-state index is -2.96. The van der Waals surface area contributed by atoms with Crippen LogP contribution >= 0.6 is 0 Å². The third kappa shape index (κ3) is 3.85. The molecule has 0 radical (unpaired) electrons. The summed E-state index contributed by atoms with van der Waals surface area (Å²) < 4.78 is 32.0. The van der Waals surface area contributed by atoms with Crippen molar-refractivity contribution in [2.24, 2.45) is 17.8 Å². The van der Waals surface area contributed by atoms with Crippen LogP contribution < -0.4 is 10.5 Å². The summed E-state index contributed by atoms with van der Waals surface area (Å²) in [6.45, 7) is 3.66. The maximum Gasteiger partial charge on any atom is 0.387 e. The van der Waals surface area contributed by atoms with Gasteiger partial charge in [-0.25, -0.2) is 4.98 Å². The molecule has 2 saturated carbocycles. The fourth-order valence-corrected chi connectivity index (χ4v) is 5.89. The number of aliphatic hydroxyl groups is 1. The molecule has 0 amide bonds. The molecule has 9 heteroatoms. The Kier molecular flexibility index (Phi) is 5.57. The molecule has 2 aliphatic carbocycles. The summed E-state index contributed by atoms with van der Waals surface area (Å²) in [5.74, 6) is 2.06. The molecule has 3 heterocycles. The highest BCUT2D eigenvalue weighted by molar-refractivity contribution is 5.64. The van der Waals surface area contributed by atoms with Gasteiger partial charge >= 0.3 is 6.61 Å². The lowest BCUT2D eigenvalue weighted by Gasteiger charge is -2.26. The Balaban J connectivity index is 1.34. The first kappa shape index (κ1) is 21.6. The number of likely N-dealkylation sites (tertiary alicyclic amines) is 1. The number of fused-ring (bicyclic) bond motifs is 1. The lowest BCUT2D eigenvalue weighted by Crippen LogP contribution is -2.33. The molecule has 5 atom stereocenters. The number of hydrogen-bond donors (Lipinski definition) is 2. The average molecular weight is 448 g/mol. The molecule has 1 aliphatic heterocycles. The van der Waals surface area contributed by atoms with Crippen LogP contribution in [0.4, 0.5) is 14.6 Å². The third-order valence-corrected chi connectivity index (χ3v) is 7.50. The van der Waals surface area contributed by atoms with Gasteiger partial charge in [0.2, 0.25) is 0 Å². The molecule has 2 aromatic rings. The van der Waals surface area contributed by atoms with E-state index in [1.807, 2.05) is 0 Å². The van der Waals surface area contributed by atoms with Crippen molar-refractivity contribution < 1.29 is 18.6 Å². The second kappa shape index (κ2) is 8.26. The van der Waals surface area contributed by atoms with Crippen LogP contribution in [0.2, 0.25) is 0 Å². The number of hydrogen-bond acceptors (Lipinski definition) is 6. The molecule has 2 unspecified atom stereocenters. The fourth-order valence-electron chi connectivity index (χ4n) is 5.89. The molecule has 3 fully saturated rings. The van der Waals surface area contributed by atoms with Crippen molar-refractivity contribution >= 4 is 5.82 Å². The van der Waals surface area contributed by atoms with E-state index in [0.29, 0.717) is 47.6 Å². The highest BCUT2D eigenvalue weighted by Crippen LogP contribution is 2.64. The first-order valence-corrected chi connectivity index (χ1v) is 11.5. The van der Waals surface area contributed by atoms with Crippen molar-refractivity contribution in [3.63, 3.8) is 0 Å². The maximum absolute atomic E-state index is 12.7. The Morgan fingerprint density at radius 2 is 2.00 bits per heavy atom. The number of rotatable bonds is 7. The topological polar surface area (TPSA) is 89.4 Å². The molecule has 3 aliphatic rings. The second-order valence-corrected chi connectivity index (χ2v) is 9.79. The third-order valence-electron chi connectivity index (χ3n) is 7.50. The van der Waals surface area contributed by atoms with Crippen LogP contribution in [0.1, 0.15) is 50.8 Å². The number of nitrogens with two attached hydrogens (primary N) is 1.